The summed E-state index contributed by atoms with van der Waals surface area (Å²) in [5.41, 5.74) is 0.481. The first kappa shape index (κ1) is 25.6. The van der Waals surface area contributed by atoms with Crippen LogP contribution >= 0.6 is 0 Å². The predicted octanol–water partition coefficient (Wildman–Crippen LogP) is 4.55. The monoisotopic (exact) mass is 508 g/mol. The van der Waals surface area contributed by atoms with Crippen LogP contribution < -0.4 is 10.0 Å². The van der Waals surface area contributed by atoms with Gasteiger partial charge in [-0.05, 0) is 53.6 Å². The van der Waals surface area contributed by atoms with Crippen molar-refractivity contribution in [1.82, 2.24) is 0 Å². The molecule has 1 amide bonds. The van der Waals surface area contributed by atoms with Gasteiger partial charge in [0.25, 0.3) is 5.91 Å². The number of rotatable bonds is 8. The first-order valence-electron chi connectivity index (χ1n) is 9.98. The summed E-state index contributed by atoms with van der Waals surface area (Å²) in [6, 6.07) is 14.3. The van der Waals surface area contributed by atoms with Gasteiger partial charge in [0.2, 0.25) is 10.0 Å². The number of alkyl halides is 3. The summed E-state index contributed by atoms with van der Waals surface area (Å²) >= 11 is 0. The molecule has 0 fully saturated rings. The standard InChI is InChI=1S/C23H19F3N2O6S/c24-23(25,26)17-7-5-15(6-8-17)14-1-3-16(4-2-14)22(32)27-18-9-10-20(29)19(13-18)28-35(33,34)12-11-21(30)31/h1-10,13,28-29H,11-12H2,(H,27,32)(H,30,31). The second-order valence-corrected chi connectivity index (χ2v) is 9.25. The quantitative estimate of drug-likeness (QED) is 0.261. The third kappa shape index (κ3) is 6.96. The van der Waals surface area contributed by atoms with Crippen molar-refractivity contribution in [3.8, 4) is 16.9 Å². The molecule has 0 saturated heterocycles. The van der Waals surface area contributed by atoms with Crippen LogP contribution in [0.1, 0.15) is 22.3 Å². The highest BCUT2D eigenvalue weighted by molar-refractivity contribution is 7.92. The van der Waals surface area contributed by atoms with E-state index in [1.807, 2.05) is 0 Å². The average Bonchev–Trinajstić information content (AvgIpc) is 2.79. The third-order valence-electron chi connectivity index (χ3n) is 4.80. The number of hydrogen-bond acceptors (Lipinski definition) is 5. The van der Waals surface area contributed by atoms with Crippen molar-refractivity contribution < 1.29 is 41.4 Å². The number of aromatic hydroxyl groups is 1. The van der Waals surface area contributed by atoms with Crippen molar-refractivity contribution in [2.45, 2.75) is 12.6 Å². The van der Waals surface area contributed by atoms with Gasteiger partial charge in [0, 0.05) is 11.3 Å². The molecule has 0 aliphatic carbocycles. The van der Waals surface area contributed by atoms with Gasteiger partial charge in [-0.1, -0.05) is 24.3 Å². The van der Waals surface area contributed by atoms with Gasteiger partial charge in [-0.15, -0.1) is 0 Å². The summed E-state index contributed by atoms with van der Waals surface area (Å²) < 4.78 is 64.2. The molecule has 4 N–H and O–H groups in total. The molecule has 35 heavy (non-hydrogen) atoms. The van der Waals surface area contributed by atoms with Crippen molar-refractivity contribution in [3.63, 3.8) is 0 Å². The lowest BCUT2D eigenvalue weighted by atomic mass is 10.0. The molecule has 0 aliphatic heterocycles. The van der Waals surface area contributed by atoms with Crippen LogP contribution in [-0.2, 0) is 21.0 Å². The maximum Gasteiger partial charge on any atom is 0.416 e. The van der Waals surface area contributed by atoms with Crippen LogP contribution in [-0.4, -0.2) is 36.3 Å². The molecule has 0 aromatic heterocycles. The minimum absolute atomic E-state index is 0.149. The summed E-state index contributed by atoms with van der Waals surface area (Å²) in [6.07, 6.45) is -5.07. The summed E-state index contributed by atoms with van der Waals surface area (Å²) in [5.74, 6) is -2.99. The van der Waals surface area contributed by atoms with Crippen molar-refractivity contribution in [2.75, 3.05) is 15.8 Å². The molecule has 0 radical (unpaired) electrons. The molecule has 0 saturated carbocycles. The number of carboxylic acids is 1. The second-order valence-electron chi connectivity index (χ2n) is 7.40. The van der Waals surface area contributed by atoms with Gasteiger partial charge in [-0.3, -0.25) is 14.3 Å². The number of sulfonamides is 1. The average molecular weight is 508 g/mol. The van der Waals surface area contributed by atoms with E-state index >= 15 is 0 Å². The van der Waals surface area contributed by atoms with Crippen LogP contribution in [0.4, 0.5) is 24.5 Å². The zero-order chi connectivity index (χ0) is 25.8. The van der Waals surface area contributed by atoms with Crippen molar-refractivity contribution >= 4 is 33.3 Å². The molecule has 3 aromatic carbocycles. The number of phenolic OH excluding ortho intramolecular Hbond substituents is 1. The normalized spacial score (nSPS) is 11.6. The summed E-state index contributed by atoms with van der Waals surface area (Å²) in [7, 11) is -4.06. The highest BCUT2D eigenvalue weighted by Gasteiger charge is 2.30. The molecule has 0 unspecified atom stereocenters. The summed E-state index contributed by atoms with van der Waals surface area (Å²) in [4.78, 5) is 23.2. The number of hydrogen-bond donors (Lipinski definition) is 4. The molecule has 0 aliphatic rings. The Labute approximate surface area is 198 Å². The minimum Gasteiger partial charge on any atom is -0.506 e. The number of benzene rings is 3. The SMILES string of the molecule is O=C(O)CCS(=O)(=O)Nc1cc(NC(=O)c2ccc(-c3ccc(C(F)(F)F)cc3)cc2)ccc1O. The molecule has 8 nitrogen and oxygen atoms in total. The zero-order valence-electron chi connectivity index (χ0n) is 17.8. The van der Waals surface area contributed by atoms with Gasteiger partial charge in [0.05, 0.1) is 23.4 Å². The molecular weight excluding hydrogens is 489 g/mol. The Morgan fingerprint density at radius 3 is 2.00 bits per heavy atom. The smallest absolute Gasteiger partial charge is 0.416 e. The fourth-order valence-electron chi connectivity index (χ4n) is 3.00. The van der Waals surface area contributed by atoms with Crippen LogP contribution in [0.5, 0.6) is 5.75 Å². The molecule has 0 heterocycles. The number of carboxylic acid groups (broad SMARTS) is 1. The lowest BCUT2D eigenvalue weighted by Gasteiger charge is -2.12. The van der Waals surface area contributed by atoms with Crippen LogP contribution in [0, 0.1) is 0 Å². The fourth-order valence-corrected chi connectivity index (χ4v) is 4.05. The van der Waals surface area contributed by atoms with Crippen molar-refractivity contribution in [1.29, 1.82) is 0 Å². The van der Waals surface area contributed by atoms with E-state index in [-0.39, 0.29) is 16.9 Å². The number of carbonyl (C=O) groups excluding carboxylic acids is 1. The molecule has 0 atom stereocenters. The Morgan fingerprint density at radius 2 is 1.46 bits per heavy atom. The van der Waals surface area contributed by atoms with Crippen LogP contribution in [0.3, 0.4) is 0 Å². The van der Waals surface area contributed by atoms with E-state index in [9.17, 15) is 36.3 Å². The van der Waals surface area contributed by atoms with E-state index < -0.39 is 51.6 Å². The Kier molecular flexibility index (Phi) is 7.34. The topological polar surface area (TPSA) is 133 Å². The largest absolute Gasteiger partial charge is 0.506 e. The molecular formula is C23H19F3N2O6S. The number of phenols is 1. The van der Waals surface area contributed by atoms with Crippen molar-refractivity contribution in [2.24, 2.45) is 0 Å². The van der Waals surface area contributed by atoms with Gasteiger partial charge in [0.15, 0.2) is 0 Å². The first-order valence-corrected chi connectivity index (χ1v) is 11.6. The van der Waals surface area contributed by atoms with Gasteiger partial charge < -0.3 is 15.5 Å². The Hall–Kier alpha value is -4.06. The van der Waals surface area contributed by atoms with Gasteiger partial charge in [-0.2, -0.15) is 13.2 Å². The summed E-state index contributed by atoms with van der Waals surface area (Å²) in [5, 5.41) is 21.1. The lowest BCUT2D eigenvalue weighted by Crippen LogP contribution is -2.19. The molecule has 184 valence electrons. The second kappa shape index (κ2) is 10.1. The highest BCUT2D eigenvalue weighted by Crippen LogP contribution is 2.31. The number of halogens is 3. The maximum atomic E-state index is 12.7. The van der Waals surface area contributed by atoms with E-state index in [4.69, 9.17) is 5.11 Å². The molecule has 3 rings (SSSR count). The number of anilines is 2. The van der Waals surface area contributed by atoms with E-state index in [0.717, 1.165) is 18.2 Å². The Morgan fingerprint density at radius 1 is 0.886 bits per heavy atom. The Bertz CT molecular complexity index is 1340. The minimum atomic E-state index is -4.44. The number of nitrogens with one attached hydrogen (secondary N) is 2. The van der Waals surface area contributed by atoms with Crippen LogP contribution in [0.2, 0.25) is 0 Å². The number of aliphatic carboxylic acids is 1. The molecule has 12 heteroatoms. The van der Waals surface area contributed by atoms with E-state index in [1.165, 1.54) is 36.4 Å². The zero-order valence-corrected chi connectivity index (χ0v) is 18.7. The third-order valence-corrected chi connectivity index (χ3v) is 6.07. The van der Waals surface area contributed by atoms with E-state index in [0.29, 0.717) is 11.1 Å². The number of amides is 1. The number of carbonyl (C=O) groups is 2. The van der Waals surface area contributed by atoms with E-state index in [2.05, 4.69) is 10.0 Å². The molecule has 0 spiro atoms. The van der Waals surface area contributed by atoms with Gasteiger partial charge in [0.1, 0.15) is 5.75 Å². The van der Waals surface area contributed by atoms with Crippen LogP contribution in [0.25, 0.3) is 11.1 Å². The molecule has 3 aromatic rings. The highest BCUT2D eigenvalue weighted by atomic mass is 32.2. The molecule has 0 bridgehead atoms. The summed E-state index contributed by atoms with van der Waals surface area (Å²) in [6.45, 7) is 0. The Balaban J connectivity index is 1.71. The van der Waals surface area contributed by atoms with Gasteiger partial charge in [-0.25, -0.2) is 8.42 Å². The maximum absolute atomic E-state index is 12.7. The van der Waals surface area contributed by atoms with Crippen molar-refractivity contribution in [3.05, 3.63) is 77.9 Å². The first-order chi connectivity index (χ1) is 16.3. The van der Waals surface area contributed by atoms with E-state index in [1.54, 1.807) is 12.1 Å². The predicted molar refractivity (Wildman–Crippen MR) is 123 cm³/mol. The fraction of sp³-hybridized carbons (Fsp3) is 0.130. The van der Waals surface area contributed by atoms with Gasteiger partial charge >= 0.3 is 12.1 Å². The lowest BCUT2D eigenvalue weighted by molar-refractivity contribution is -0.138. The van der Waals surface area contributed by atoms with Crippen LogP contribution in [0.15, 0.2) is 66.7 Å².